The number of aliphatic hydroxyl groups excluding tert-OH is 1. The lowest BCUT2D eigenvalue weighted by molar-refractivity contribution is 0.283. The van der Waals surface area contributed by atoms with Gasteiger partial charge in [0.1, 0.15) is 5.75 Å². The van der Waals surface area contributed by atoms with Crippen LogP contribution >= 0.6 is 34.0 Å². The molecule has 3 heterocycles. The van der Waals surface area contributed by atoms with Crippen LogP contribution in [0.25, 0.3) is 41.1 Å². The predicted molar refractivity (Wildman–Crippen MR) is 152 cm³/mol. The predicted octanol–water partition coefficient (Wildman–Crippen LogP) is 8.91. The quantitative estimate of drug-likeness (QED) is 0.254. The zero-order chi connectivity index (χ0) is 24.6. The highest BCUT2D eigenvalue weighted by Crippen LogP contribution is 2.63. The summed E-state index contributed by atoms with van der Waals surface area (Å²) >= 11 is 5.68. The molecule has 0 aliphatic heterocycles. The van der Waals surface area contributed by atoms with E-state index < -0.39 is 0 Å². The fraction of sp³-hybridized carbons (Fsp3) is 0.333. The van der Waals surface area contributed by atoms with E-state index in [-0.39, 0.29) is 17.4 Å². The van der Waals surface area contributed by atoms with Gasteiger partial charge >= 0.3 is 0 Å². The Morgan fingerprint density at radius 3 is 2.17 bits per heavy atom. The van der Waals surface area contributed by atoms with Crippen molar-refractivity contribution in [1.82, 2.24) is 0 Å². The Labute approximate surface area is 217 Å². The van der Waals surface area contributed by atoms with Crippen LogP contribution < -0.4 is 4.74 Å². The molecule has 0 saturated carbocycles. The van der Waals surface area contributed by atoms with Gasteiger partial charge in [-0.25, -0.2) is 0 Å². The minimum Gasteiger partial charge on any atom is -0.496 e. The monoisotopic (exact) mass is 516 g/mol. The lowest BCUT2D eigenvalue weighted by Crippen LogP contribution is -2.19. The normalized spacial score (nSPS) is 16.6. The van der Waals surface area contributed by atoms with E-state index >= 15 is 0 Å². The van der Waals surface area contributed by atoms with E-state index in [1.54, 1.807) is 7.11 Å². The summed E-state index contributed by atoms with van der Waals surface area (Å²) in [5.74, 6) is 0.918. The first kappa shape index (κ1) is 22.1. The minimum absolute atomic E-state index is 0.0146. The Morgan fingerprint density at radius 2 is 1.46 bits per heavy atom. The number of aryl methyl sites for hydroxylation is 2. The van der Waals surface area contributed by atoms with Crippen LogP contribution in [-0.2, 0) is 17.4 Å². The molecule has 5 aromatic rings. The van der Waals surface area contributed by atoms with Crippen molar-refractivity contribution in [3.8, 4) is 26.6 Å². The second-order valence-electron chi connectivity index (χ2n) is 11.1. The molecule has 0 unspecified atom stereocenters. The molecule has 1 N–H and O–H groups in total. The van der Waals surface area contributed by atoms with Gasteiger partial charge in [0, 0.05) is 46.0 Å². The summed E-state index contributed by atoms with van der Waals surface area (Å²) in [4.78, 5) is 5.40. The number of ether oxygens (including phenoxy) is 1. The summed E-state index contributed by atoms with van der Waals surface area (Å²) in [5.41, 5.74) is 8.77. The molecule has 0 radical (unpaired) electrons. The Balaban J connectivity index is 1.67. The molecule has 2 nitrogen and oxygen atoms in total. The first-order valence-electron chi connectivity index (χ1n) is 12.1. The lowest BCUT2D eigenvalue weighted by Gasteiger charge is -2.29. The van der Waals surface area contributed by atoms with Crippen LogP contribution in [0.5, 0.6) is 5.75 Å². The van der Waals surface area contributed by atoms with E-state index in [0.717, 1.165) is 11.3 Å². The molecule has 2 aliphatic carbocycles. The van der Waals surface area contributed by atoms with E-state index in [1.165, 1.54) is 73.1 Å². The van der Waals surface area contributed by atoms with E-state index in [4.69, 9.17) is 4.74 Å². The van der Waals surface area contributed by atoms with E-state index in [2.05, 4.69) is 65.8 Å². The molecule has 0 amide bonds. The fourth-order valence-electron chi connectivity index (χ4n) is 6.82. The largest absolute Gasteiger partial charge is 0.496 e. The summed E-state index contributed by atoms with van der Waals surface area (Å²) in [7, 11) is 1.79. The van der Waals surface area contributed by atoms with Gasteiger partial charge in [-0.2, -0.15) is 0 Å². The van der Waals surface area contributed by atoms with E-state index in [0.29, 0.717) is 0 Å². The number of aliphatic hydroxyl groups is 1. The summed E-state index contributed by atoms with van der Waals surface area (Å²) in [6.07, 6.45) is 0. The SMILES string of the molecule is COc1cc2c(c3c(CO)cc4c(c13)C(C)(C)c1cc(C)sc1-4)C(C)(C)c1c-2sc2cc(C)sc12. The van der Waals surface area contributed by atoms with Crippen molar-refractivity contribution in [3.63, 3.8) is 0 Å². The standard InChI is InChI=1S/C30H28O2S3/c1-13-8-18-26(33-13)16-10-15(12-31)21-22(24(16)29(18,3)4)19(32-7)11-17-23(21)30(5,6)25-27(17)35-20-9-14(2)34-28(20)25/h8-11,31H,12H2,1-7H3. The maximum absolute atomic E-state index is 10.7. The van der Waals surface area contributed by atoms with Gasteiger partial charge in [0.05, 0.1) is 18.4 Å². The topological polar surface area (TPSA) is 29.5 Å². The number of thiophene rings is 3. The van der Waals surface area contributed by atoms with Crippen molar-refractivity contribution in [2.75, 3.05) is 7.11 Å². The Bertz CT molecular complexity index is 1740. The molecule has 7 rings (SSSR count). The fourth-order valence-corrected chi connectivity index (χ4v) is 10.9. The molecular formula is C30H28O2S3. The summed E-state index contributed by atoms with van der Waals surface area (Å²) in [6, 6.07) is 9.23. The van der Waals surface area contributed by atoms with Gasteiger partial charge in [0.25, 0.3) is 0 Å². The van der Waals surface area contributed by atoms with Gasteiger partial charge in [-0.15, -0.1) is 34.0 Å². The number of benzene rings is 2. The zero-order valence-corrected chi connectivity index (χ0v) is 23.5. The smallest absolute Gasteiger partial charge is 0.127 e. The van der Waals surface area contributed by atoms with Crippen LogP contribution in [0, 0.1) is 13.8 Å². The van der Waals surface area contributed by atoms with Crippen molar-refractivity contribution in [2.45, 2.75) is 59.0 Å². The number of hydrogen-bond acceptors (Lipinski definition) is 5. The van der Waals surface area contributed by atoms with Crippen LogP contribution in [0.1, 0.15) is 65.3 Å². The highest BCUT2D eigenvalue weighted by Gasteiger charge is 2.45. The molecule has 0 fully saturated rings. The average Bonchev–Trinajstić information content (AvgIpc) is 3.54. The Kier molecular flexibility index (Phi) is 4.26. The summed E-state index contributed by atoms with van der Waals surface area (Å²) in [5, 5.41) is 13.1. The molecule has 3 aromatic heterocycles. The highest BCUT2D eigenvalue weighted by molar-refractivity contribution is 7.30. The van der Waals surface area contributed by atoms with Gasteiger partial charge < -0.3 is 9.84 Å². The minimum atomic E-state index is -0.160. The van der Waals surface area contributed by atoms with Crippen LogP contribution in [0.3, 0.4) is 0 Å². The molecule has 35 heavy (non-hydrogen) atoms. The molecule has 0 atom stereocenters. The summed E-state index contributed by atoms with van der Waals surface area (Å²) < 4.78 is 8.96. The van der Waals surface area contributed by atoms with Crippen molar-refractivity contribution in [3.05, 3.63) is 61.8 Å². The maximum Gasteiger partial charge on any atom is 0.127 e. The van der Waals surface area contributed by atoms with Gasteiger partial charge in [0.15, 0.2) is 0 Å². The Hall–Kier alpha value is -2.18. The lowest BCUT2D eigenvalue weighted by atomic mass is 9.75. The first-order valence-corrected chi connectivity index (χ1v) is 14.5. The molecule has 2 aromatic carbocycles. The second-order valence-corrected chi connectivity index (χ2v) is 14.6. The Morgan fingerprint density at radius 1 is 0.771 bits per heavy atom. The number of hydrogen-bond donors (Lipinski definition) is 1. The maximum atomic E-state index is 10.7. The number of fused-ring (bicyclic) bond motifs is 11. The molecule has 178 valence electrons. The van der Waals surface area contributed by atoms with E-state index in [9.17, 15) is 5.11 Å². The van der Waals surface area contributed by atoms with Gasteiger partial charge in [-0.3, -0.25) is 0 Å². The molecule has 0 saturated heterocycles. The van der Waals surface area contributed by atoms with Crippen molar-refractivity contribution in [2.24, 2.45) is 0 Å². The molecule has 0 bridgehead atoms. The van der Waals surface area contributed by atoms with Crippen LogP contribution in [0.4, 0.5) is 0 Å². The third kappa shape index (κ3) is 2.53. The van der Waals surface area contributed by atoms with Gasteiger partial charge in [-0.05, 0) is 76.9 Å². The van der Waals surface area contributed by atoms with Crippen molar-refractivity contribution < 1.29 is 9.84 Å². The summed E-state index contributed by atoms with van der Waals surface area (Å²) in [6.45, 7) is 13.8. The zero-order valence-electron chi connectivity index (χ0n) is 21.1. The second kappa shape index (κ2) is 6.77. The highest BCUT2D eigenvalue weighted by atomic mass is 32.1. The third-order valence-electron chi connectivity index (χ3n) is 8.22. The molecular weight excluding hydrogens is 489 g/mol. The molecule has 5 heteroatoms. The van der Waals surface area contributed by atoms with Gasteiger partial charge in [-0.1, -0.05) is 27.7 Å². The van der Waals surface area contributed by atoms with Crippen LogP contribution in [0.15, 0.2) is 24.3 Å². The average molecular weight is 517 g/mol. The number of rotatable bonds is 2. The van der Waals surface area contributed by atoms with Crippen LogP contribution in [0.2, 0.25) is 0 Å². The van der Waals surface area contributed by atoms with Gasteiger partial charge in [0.2, 0.25) is 0 Å². The van der Waals surface area contributed by atoms with Crippen molar-refractivity contribution in [1.29, 1.82) is 0 Å². The third-order valence-corrected chi connectivity index (χ3v) is 11.7. The number of methoxy groups -OCH3 is 1. The molecule has 2 aliphatic rings. The molecule has 0 spiro atoms. The van der Waals surface area contributed by atoms with E-state index in [1.807, 2.05) is 34.0 Å². The first-order chi connectivity index (χ1) is 16.6. The van der Waals surface area contributed by atoms with Crippen LogP contribution in [-0.4, -0.2) is 12.2 Å². The van der Waals surface area contributed by atoms with Crippen molar-refractivity contribution >= 4 is 54.2 Å².